The molecule has 1 aromatic carbocycles. The highest BCUT2D eigenvalue weighted by molar-refractivity contribution is 5.81. The zero-order valence-corrected chi connectivity index (χ0v) is 12.0. The van der Waals surface area contributed by atoms with E-state index >= 15 is 0 Å². The third-order valence-corrected chi connectivity index (χ3v) is 3.12. The summed E-state index contributed by atoms with van der Waals surface area (Å²) in [6, 6.07) is 4.21. The predicted molar refractivity (Wildman–Crippen MR) is 75.1 cm³/mol. The Morgan fingerprint density at radius 1 is 1.37 bits per heavy atom. The second-order valence-corrected chi connectivity index (χ2v) is 5.47. The molecule has 1 amide bonds. The molecule has 106 valence electrons. The van der Waals surface area contributed by atoms with E-state index in [1.807, 2.05) is 26.8 Å². The van der Waals surface area contributed by atoms with E-state index in [1.165, 1.54) is 6.07 Å². The molecule has 1 aromatic rings. The lowest BCUT2D eigenvalue weighted by Gasteiger charge is -2.19. The van der Waals surface area contributed by atoms with E-state index in [4.69, 9.17) is 5.73 Å². The maximum Gasteiger partial charge on any atom is 0.237 e. The standard InChI is InChI=1S/C15H23FN2O/c1-9(2)7-14(17)15(19)18-11(4)12-6-5-10(3)13(16)8-12/h5-6,8-9,11,14H,7,17H2,1-4H3,(H,18,19)/t11?,14-/m0/s1. The molecule has 0 aromatic heterocycles. The van der Waals surface area contributed by atoms with Gasteiger partial charge in [-0.05, 0) is 43.4 Å². The molecule has 0 saturated carbocycles. The Hall–Kier alpha value is -1.42. The van der Waals surface area contributed by atoms with Crippen LogP contribution in [0.15, 0.2) is 18.2 Å². The van der Waals surface area contributed by atoms with Gasteiger partial charge in [0.2, 0.25) is 5.91 Å². The van der Waals surface area contributed by atoms with Crippen LogP contribution < -0.4 is 11.1 Å². The fraction of sp³-hybridized carbons (Fsp3) is 0.533. The third-order valence-electron chi connectivity index (χ3n) is 3.12. The van der Waals surface area contributed by atoms with Crippen molar-refractivity contribution in [3.05, 3.63) is 35.1 Å². The molecule has 3 N–H and O–H groups in total. The van der Waals surface area contributed by atoms with Crippen molar-refractivity contribution in [1.29, 1.82) is 0 Å². The summed E-state index contributed by atoms with van der Waals surface area (Å²) in [7, 11) is 0. The highest BCUT2D eigenvalue weighted by Crippen LogP contribution is 2.16. The van der Waals surface area contributed by atoms with Crippen LogP contribution in [-0.4, -0.2) is 11.9 Å². The summed E-state index contributed by atoms with van der Waals surface area (Å²) in [4.78, 5) is 11.9. The fourth-order valence-electron chi connectivity index (χ4n) is 1.90. The number of rotatable bonds is 5. The number of benzene rings is 1. The molecule has 0 fully saturated rings. The minimum atomic E-state index is -0.516. The quantitative estimate of drug-likeness (QED) is 0.861. The Bertz CT molecular complexity index is 446. The van der Waals surface area contributed by atoms with Crippen LogP contribution in [0.5, 0.6) is 0 Å². The number of nitrogens with two attached hydrogens (primary N) is 1. The average molecular weight is 266 g/mol. The van der Waals surface area contributed by atoms with Crippen LogP contribution in [0.3, 0.4) is 0 Å². The number of carbonyl (C=O) groups excluding carboxylic acids is 1. The molecular weight excluding hydrogens is 243 g/mol. The molecule has 4 heteroatoms. The molecule has 0 heterocycles. The van der Waals surface area contributed by atoms with Gasteiger partial charge in [-0.2, -0.15) is 0 Å². The predicted octanol–water partition coefficient (Wildman–Crippen LogP) is 2.68. The van der Waals surface area contributed by atoms with Crippen LogP contribution in [-0.2, 0) is 4.79 Å². The number of hydrogen-bond acceptors (Lipinski definition) is 2. The number of nitrogens with one attached hydrogen (secondary N) is 1. The van der Waals surface area contributed by atoms with E-state index in [1.54, 1.807) is 13.0 Å². The summed E-state index contributed by atoms with van der Waals surface area (Å²) in [5.41, 5.74) is 7.15. The minimum absolute atomic E-state index is 0.192. The Morgan fingerprint density at radius 2 is 2.00 bits per heavy atom. The highest BCUT2D eigenvalue weighted by Gasteiger charge is 2.18. The fourth-order valence-corrected chi connectivity index (χ4v) is 1.90. The molecule has 0 radical (unpaired) electrons. The van der Waals surface area contributed by atoms with Crippen LogP contribution in [0.25, 0.3) is 0 Å². The lowest BCUT2D eigenvalue weighted by atomic mass is 10.0. The van der Waals surface area contributed by atoms with E-state index in [0.29, 0.717) is 17.9 Å². The molecule has 0 aliphatic heterocycles. The summed E-state index contributed by atoms with van der Waals surface area (Å²) in [5.74, 6) is -0.0832. The topological polar surface area (TPSA) is 55.1 Å². The van der Waals surface area contributed by atoms with Gasteiger partial charge in [0.05, 0.1) is 12.1 Å². The first kappa shape index (κ1) is 15.6. The van der Waals surface area contributed by atoms with Crippen LogP contribution in [0.4, 0.5) is 4.39 Å². The van der Waals surface area contributed by atoms with E-state index in [2.05, 4.69) is 5.32 Å². The first-order chi connectivity index (χ1) is 8.81. The zero-order chi connectivity index (χ0) is 14.6. The van der Waals surface area contributed by atoms with Crippen LogP contribution >= 0.6 is 0 Å². The van der Waals surface area contributed by atoms with Crippen molar-refractivity contribution in [3.63, 3.8) is 0 Å². The lowest BCUT2D eigenvalue weighted by molar-refractivity contribution is -0.123. The molecule has 19 heavy (non-hydrogen) atoms. The molecule has 3 nitrogen and oxygen atoms in total. The summed E-state index contributed by atoms with van der Waals surface area (Å²) in [5, 5.41) is 2.82. The molecule has 0 aliphatic carbocycles. The SMILES string of the molecule is Cc1ccc(C(C)NC(=O)[C@@H](N)CC(C)C)cc1F. The largest absolute Gasteiger partial charge is 0.348 e. The summed E-state index contributed by atoms with van der Waals surface area (Å²) >= 11 is 0. The van der Waals surface area contributed by atoms with Crippen molar-refractivity contribution < 1.29 is 9.18 Å². The van der Waals surface area contributed by atoms with Crippen molar-refractivity contribution >= 4 is 5.91 Å². The first-order valence-corrected chi connectivity index (χ1v) is 6.63. The maximum absolute atomic E-state index is 13.5. The highest BCUT2D eigenvalue weighted by atomic mass is 19.1. The monoisotopic (exact) mass is 266 g/mol. The Kier molecular flexibility index (Phi) is 5.48. The van der Waals surface area contributed by atoms with Gasteiger partial charge in [0.15, 0.2) is 0 Å². The second kappa shape index (κ2) is 6.66. The summed E-state index contributed by atoms with van der Waals surface area (Å²) in [6.45, 7) is 7.57. The van der Waals surface area contributed by atoms with Gasteiger partial charge in [-0.15, -0.1) is 0 Å². The first-order valence-electron chi connectivity index (χ1n) is 6.63. The van der Waals surface area contributed by atoms with Gasteiger partial charge < -0.3 is 11.1 Å². The summed E-state index contributed by atoms with van der Waals surface area (Å²) in [6.07, 6.45) is 0.640. The minimum Gasteiger partial charge on any atom is -0.348 e. The number of aryl methyl sites for hydroxylation is 1. The molecule has 2 atom stereocenters. The van der Waals surface area contributed by atoms with Gasteiger partial charge in [-0.25, -0.2) is 4.39 Å². The number of hydrogen-bond donors (Lipinski definition) is 2. The number of amides is 1. The van der Waals surface area contributed by atoms with Crippen LogP contribution in [0.1, 0.15) is 44.4 Å². The van der Waals surface area contributed by atoms with Crippen molar-refractivity contribution in [2.75, 3.05) is 0 Å². The zero-order valence-electron chi connectivity index (χ0n) is 12.0. The van der Waals surface area contributed by atoms with Crippen molar-refractivity contribution in [2.24, 2.45) is 11.7 Å². The number of halogens is 1. The number of carbonyl (C=O) groups is 1. The molecule has 0 bridgehead atoms. The Balaban J connectivity index is 2.66. The van der Waals surface area contributed by atoms with E-state index in [-0.39, 0.29) is 17.8 Å². The van der Waals surface area contributed by atoms with E-state index < -0.39 is 6.04 Å². The van der Waals surface area contributed by atoms with Crippen LogP contribution in [0.2, 0.25) is 0 Å². The van der Waals surface area contributed by atoms with Crippen molar-refractivity contribution in [1.82, 2.24) is 5.32 Å². The van der Waals surface area contributed by atoms with Crippen molar-refractivity contribution in [2.45, 2.75) is 46.2 Å². The van der Waals surface area contributed by atoms with Gasteiger partial charge in [-0.3, -0.25) is 4.79 Å². The van der Waals surface area contributed by atoms with E-state index in [9.17, 15) is 9.18 Å². The Labute approximate surface area is 114 Å². The molecule has 1 unspecified atom stereocenters. The Morgan fingerprint density at radius 3 is 2.53 bits per heavy atom. The second-order valence-electron chi connectivity index (χ2n) is 5.47. The van der Waals surface area contributed by atoms with Gasteiger partial charge >= 0.3 is 0 Å². The van der Waals surface area contributed by atoms with Crippen LogP contribution in [0, 0.1) is 18.7 Å². The molecule has 1 rings (SSSR count). The smallest absolute Gasteiger partial charge is 0.237 e. The van der Waals surface area contributed by atoms with Gasteiger partial charge in [-0.1, -0.05) is 26.0 Å². The summed E-state index contributed by atoms with van der Waals surface area (Å²) < 4.78 is 13.5. The lowest BCUT2D eigenvalue weighted by Crippen LogP contribution is -2.42. The van der Waals surface area contributed by atoms with Crippen molar-refractivity contribution in [3.8, 4) is 0 Å². The molecule has 0 saturated heterocycles. The van der Waals surface area contributed by atoms with E-state index in [0.717, 1.165) is 5.56 Å². The third kappa shape index (κ3) is 4.63. The maximum atomic E-state index is 13.5. The van der Waals surface area contributed by atoms with Gasteiger partial charge in [0.1, 0.15) is 5.82 Å². The molecule has 0 spiro atoms. The normalized spacial score (nSPS) is 14.3. The molecule has 0 aliphatic rings. The molecular formula is C15H23FN2O. The average Bonchev–Trinajstić information content (AvgIpc) is 2.31. The van der Waals surface area contributed by atoms with Gasteiger partial charge in [0.25, 0.3) is 0 Å². The van der Waals surface area contributed by atoms with Gasteiger partial charge in [0, 0.05) is 0 Å².